The fourth-order valence-electron chi connectivity index (χ4n) is 1.00. The Bertz CT molecular complexity index is 450. The fourth-order valence-corrected chi connectivity index (χ4v) is 1.76. The number of aliphatic hydroxyl groups excluding tert-OH is 2. The van der Waals surface area contributed by atoms with Crippen molar-refractivity contribution < 1.29 is 24.8 Å². The van der Waals surface area contributed by atoms with E-state index in [1.165, 1.54) is 0 Å². The largest absolute Gasteiger partial charge is 0.409 e. The predicted octanol–water partition coefficient (Wildman–Crippen LogP) is -2.27. The molecule has 10 nitrogen and oxygen atoms in total. The maximum Gasteiger partial charge on any atom is 0.251 e. The van der Waals surface area contributed by atoms with Gasteiger partial charge in [0.05, 0.1) is 6.61 Å². The summed E-state index contributed by atoms with van der Waals surface area (Å²) in [5, 5.41) is 38.5. The van der Waals surface area contributed by atoms with Gasteiger partial charge in [0.2, 0.25) is 0 Å². The number of amidine groups is 1. The van der Waals surface area contributed by atoms with Gasteiger partial charge in [0.25, 0.3) is 5.91 Å². The van der Waals surface area contributed by atoms with Crippen LogP contribution < -0.4 is 11.1 Å². The summed E-state index contributed by atoms with van der Waals surface area (Å²) in [5.41, 5.74) is 5.45. The average molecular weight is 291 g/mol. The number of nitrogens with zero attached hydrogens (tertiary/aromatic N) is 3. The molecule has 0 aliphatic heterocycles. The predicted molar refractivity (Wildman–Crippen MR) is 63.6 cm³/mol. The summed E-state index contributed by atoms with van der Waals surface area (Å²) in [5.74, 6) is -0.509. The number of hydrogen-bond donors (Lipinski definition) is 5. The van der Waals surface area contributed by atoms with E-state index in [1.807, 2.05) is 0 Å². The number of carbonyl (C=O) groups is 1. The van der Waals surface area contributed by atoms with Crippen LogP contribution in [0.15, 0.2) is 14.8 Å². The number of aromatic nitrogens is 2. The standard InChI is InChI=1S/C8H13N5O5S/c9-6(11-17)5-8(13-18-12-5)19-2-1-10-7(16)4(15)3-14/h4,14-15,17H,1-3H2,(H2,9,11)(H,10,16)/t4-/m1/s1. The molecule has 0 radical (unpaired) electrons. The monoisotopic (exact) mass is 291 g/mol. The second-order valence-corrected chi connectivity index (χ2v) is 4.32. The maximum atomic E-state index is 11.1. The molecule has 1 rings (SSSR count). The highest BCUT2D eigenvalue weighted by molar-refractivity contribution is 7.99. The average Bonchev–Trinajstić information content (AvgIpc) is 2.89. The molecule has 1 aromatic rings. The van der Waals surface area contributed by atoms with Crippen molar-refractivity contribution in [1.29, 1.82) is 0 Å². The van der Waals surface area contributed by atoms with Gasteiger partial charge in [-0.3, -0.25) is 4.79 Å². The molecule has 0 fully saturated rings. The minimum atomic E-state index is -1.44. The van der Waals surface area contributed by atoms with Crippen molar-refractivity contribution in [3.05, 3.63) is 5.69 Å². The molecular formula is C8H13N5O5S. The van der Waals surface area contributed by atoms with Gasteiger partial charge in [0, 0.05) is 12.3 Å². The van der Waals surface area contributed by atoms with Crippen LogP contribution in [0.4, 0.5) is 0 Å². The van der Waals surface area contributed by atoms with Crippen molar-refractivity contribution >= 4 is 23.5 Å². The van der Waals surface area contributed by atoms with Gasteiger partial charge in [0.1, 0.15) is 0 Å². The Morgan fingerprint density at radius 1 is 1.58 bits per heavy atom. The van der Waals surface area contributed by atoms with Crippen LogP contribution in [0.25, 0.3) is 0 Å². The summed E-state index contributed by atoms with van der Waals surface area (Å²) < 4.78 is 4.45. The Labute approximate surface area is 111 Å². The maximum absolute atomic E-state index is 11.1. The van der Waals surface area contributed by atoms with Crippen molar-refractivity contribution in [2.24, 2.45) is 10.9 Å². The number of nitrogens with one attached hydrogen (secondary N) is 1. The minimum absolute atomic E-state index is 0.106. The third-order valence-electron chi connectivity index (χ3n) is 1.92. The van der Waals surface area contributed by atoms with Gasteiger partial charge in [-0.1, -0.05) is 16.9 Å². The SMILES string of the molecule is N/C(=N\O)c1nonc1SCCNC(=O)[C@H](O)CO. The molecule has 0 saturated heterocycles. The smallest absolute Gasteiger partial charge is 0.251 e. The lowest BCUT2D eigenvalue weighted by atomic mass is 10.3. The van der Waals surface area contributed by atoms with Crippen molar-refractivity contribution in [2.75, 3.05) is 18.9 Å². The molecule has 0 saturated carbocycles. The molecule has 11 heteroatoms. The van der Waals surface area contributed by atoms with E-state index in [0.29, 0.717) is 10.8 Å². The van der Waals surface area contributed by atoms with Gasteiger partial charge < -0.3 is 26.5 Å². The van der Waals surface area contributed by atoms with Crippen molar-refractivity contribution in [1.82, 2.24) is 15.6 Å². The zero-order valence-corrected chi connectivity index (χ0v) is 10.5. The zero-order valence-electron chi connectivity index (χ0n) is 9.68. The molecule has 1 heterocycles. The van der Waals surface area contributed by atoms with E-state index in [-0.39, 0.29) is 18.1 Å². The number of thioether (sulfide) groups is 1. The van der Waals surface area contributed by atoms with Gasteiger partial charge in [-0.05, 0) is 10.3 Å². The highest BCUT2D eigenvalue weighted by atomic mass is 32.2. The summed E-state index contributed by atoms with van der Waals surface area (Å²) in [4.78, 5) is 11.1. The molecule has 0 aromatic carbocycles. The normalized spacial score (nSPS) is 13.3. The first-order valence-electron chi connectivity index (χ1n) is 5.10. The van der Waals surface area contributed by atoms with Crippen LogP contribution >= 0.6 is 11.8 Å². The Morgan fingerprint density at radius 2 is 2.32 bits per heavy atom. The summed E-state index contributed by atoms with van der Waals surface area (Å²) >= 11 is 1.16. The molecule has 1 amide bonds. The zero-order chi connectivity index (χ0) is 14.3. The summed E-state index contributed by atoms with van der Waals surface area (Å²) in [7, 11) is 0. The molecule has 19 heavy (non-hydrogen) atoms. The number of nitrogens with two attached hydrogens (primary N) is 1. The molecular weight excluding hydrogens is 278 g/mol. The van der Waals surface area contributed by atoms with E-state index in [0.717, 1.165) is 11.8 Å². The van der Waals surface area contributed by atoms with E-state index >= 15 is 0 Å². The van der Waals surface area contributed by atoms with Crippen LogP contribution in [-0.2, 0) is 4.79 Å². The molecule has 0 aliphatic carbocycles. The summed E-state index contributed by atoms with van der Waals surface area (Å²) in [6.45, 7) is -0.414. The van der Waals surface area contributed by atoms with E-state index in [2.05, 4.69) is 25.4 Å². The first-order valence-corrected chi connectivity index (χ1v) is 6.08. The fraction of sp³-hybridized carbons (Fsp3) is 0.500. The Balaban J connectivity index is 2.38. The highest BCUT2D eigenvalue weighted by Gasteiger charge is 2.16. The number of oxime groups is 1. The third kappa shape index (κ3) is 4.39. The van der Waals surface area contributed by atoms with Gasteiger partial charge in [-0.2, -0.15) is 0 Å². The van der Waals surface area contributed by atoms with Gasteiger partial charge in [0.15, 0.2) is 22.7 Å². The highest BCUT2D eigenvalue weighted by Crippen LogP contribution is 2.17. The number of carbonyl (C=O) groups excluding carboxylic acids is 1. The van der Waals surface area contributed by atoms with E-state index in [9.17, 15) is 4.79 Å². The van der Waals surface area contributed by atoms with Crippen LogP contribution in [0.5, 0.6) is 0 Å². The lowest BCUT2D eigenvalue weighted by Gasteiger charge is -2.07. The lowest BCUT2D eigenvalue weighted by Crippen LogP contribution is -2.37. The van der Waals surface area contributed by atoms with Gasteiger partial charge in [-0.25, -0.2) is 4.63 Å². The molecule has 0 unspecified atom stereocenters. The first kappa shape index (κ1) is 15.2. The van der Waals surface area contributed by atoms with Crippen molar-refractivity contribution in [3.8, 4) is 0 Å². The molecule has 0 bridgehead atoms. The van der Waals surface area contributed by atoms with Crippen LogP contribution in [-0.4, -0.2) is 62.5 Å². The van der Waals surface area contributed by atoms with E-state index in [4.69, 9.17) is 21.2 Å². The van der Waals surface area contributed by atoms with Gasteiger partial charge >= 0.3 is 0 Å². The number of hydrogen-bond acceptors (Lipinski definition) is 9. The van der Waals surface area contributed by atoms with Crippen LogP contribution in [0.3, 0.4) is 0 Å². The number of amides is 1. The molecule has 106 valence electrons. The Hall–Kier alpha value is -1.85. The molecule has 0 spiro atoms. The van der Waals surface area contributed by atoms with E-state index < -0.39 is 18.6 Å². The second kappa shape index (κ2) is 7.56. The molecule has 0 aliphatic rings. The molecule has 6 N–H and O–H groups in total. The van der Waals surface area contributed by atoms with Crippen LogP contribution in [0.1, 0.15) is 5.69 Å². The first-order chi connectivity index (χ1) is 9.10. The molecule has 1 aromatic heterocycles. The Morgan fingerprint density at radius 3 is 2.95 bits per heavy atom. The number of rotatable bonds is 7. The minimum Gasteiger partial charge on any atom is -0.409 e. The van der Waals surface area contributed by atoms with E-state index in [1.54, 1.807) is 0 Å². The van der Waals surface area contributed by atoms with Crippen LogP contribution in [0, 0.1) is 0 Å². The summed E-state index contributed by atoms with van der Waals surface area (Å²) in [6, 6.07) is 0. The second-order valence-electron chi connectivity index (χ2n) is 3.24. The lowest BCUT2D eigenvalue weighted by molar-refractivity contribution is -0.131. The topological polar surface area (TPSA) is 167 Å². The third-order valence-corrected chi connectivity index (χ3v) is 2.87. The van der Waals surface area contributed by atoms with Crippen molar-refractivity contribution in [3.63, 3.8) is 0 Å². The quantitative estimate of drug-likeness (QED) is 0.0928. The molecule has 1 atom stereocenters. The van der Waals surface area contributed by atoms with Crippen molar-refractivity contribution in [2.45, 2.75) is 11.1 Å². The summed E-state index contributed by atoms with van der Waals surface area (Å²) in [6.07, 6.45) is -1.44. The Kier molecular flexibility index (Phi) is 6.05. The van der Waals surface area contributed by atoms with Crippen LogP contribution in [0.2, 0.25) is 0 Å². The number of aliphatic hydroxyl groups is 2. The van der Waals surface area contributed by atoms with Gasteiger partial charge in [-0.15, -0.1) is 0 Å².